The van der Waals surface area contributed by atoms with Gasteiger partial charge in [0.05, 0.1) is 18.9 Å². The van der Waals surface area contributed by atoms with Crippen molar-refractivity contribution in [3.05, 3.63) is 17.6 Å². The number of ether oxygens (including phenoxy) is 1. The summed E-state index contributed by atoms with van der Waals surface area (Å²) in [6.45, 7) is 0. The fourth-order valence-corrected chi connectivity index (χ4v) is 2.18. The molecular weight excluding hydrogens is 263 g/mol. The molecule has 2 aromatic heterocycles. The summed E-state index contributed by atoms with van der Waals surface area (Å²) in [5.74, 6) is -0.658. The molecule has 2 rings (SSSR count). The third-order valence-electron chi connectivity index (χ3n) is 2.15. The molecule has 0 aliphatic carbocycles. The van der Waals surface area contributed by atoms with Crippen molar-refractivity contribution in [1.82, 2.24) is 15.2 Å². The minimum atomic E-state index is -2.76. The summed E-state index contributed by atoms with van der Waals surface area (Å²) in [7, 11) is 6.64. The van der Waals surface area contributed by atoms with Crippen LogP contribution in [0, 0.1) is 0 Å². The van der Waals surface area contributed by atoms with E-state index in [1.165, 1.54) is 13.3 Å². The number of H-pyrrole nitrogens is 1. The van der Waals surface area contributed by atoms with Crippen LogP contribution in [0.2, 0.25) is 0 Å². The number of rotatable bonds is 3. The van der Waals surface area contributed by atoms with Crippen LogP contribution in [0.4, 0.5) is 8.78 Å². The Balaban J connectivity index is 2.46. The number of thiazole rings is 1. The molecule has 9 heteroatoms. The average Bonchev–Trinajstić information content (AvgIpc) is 2.93. The highest BCUT2D eigenvalue weighted by Crippen LogP contribution is 2.27. The number of hydrogen-bond acceptors (Lipinski definition) is 5. The van der Waals surface area contributed by atoms with Gasteiger partial charge in [0, 0.05) is 0 Å². The van der Waals surface area contributed by atoms with Crippen LogP contribution < -0.4 is 4.78 Å². The maximum atomic E-state index is 12.6. The van der Waals surface area contributed by atoms with Crippen molar-refractivity contribution in [2.45, 2.75) is 6.43 Å². The monoisotopic (exact) mass is 269 g/mol. The van der Waals surface area contributed by atoms with Gasteiger partial charge < -0.3 is 4.74 Å². The van der Waals surface area contributed by atoms with Gasteiger partial charge in [-0.3, -0.25) is 5.10 Å². The first-order chi connectivity index (χ1) is 8.54. The number of hydrogen-bond donors (Lipinski definition) is 1. The second-order valence-corrected chi connectivity index (χ2v) is 4.25. The van der Waals surface area contributed by atoms with Crippen LogP contribution in [0.3, 0.4) is 0 Å². The topological polar surface area (TPSA) is 67.9 Å². The normalized spacial score (nSPS) is 10.9. The lowest BCUT2D eigenvalue weighted by atomic mass is 10.1. The summed E-state index contributed by atoms with van der Waals surface area (Å²) in [6, 6.07) is 0. The van der Waals surface area contributed by atoms with E-state index in [0.717, 1.165) is 11.3 Å². The maximum absolute atomic E-state index is 12.6. The number of aromatic amines is 1. The van der Waals surface area contributed by atoms with Crippen molar-refractivity contribution in [2.75, 3.05) is 7.11 Å². The Hall–Kier alpha value is -1.77. The Labute approximate surface area is 106 Å². The third kappa shape index (κ3) is 2.13. The Bertz CT molecular complexity index is 584. The second-order valence-electron chi connectivity index (χ2n) is 3.22. The van der Waals surface area contributed by atoms with Crippen LogP contribution in [0.5, 0.6) is 0 Å². The van der Waals surface area contributed by atoms with Crippen LogP contribution in [0.1, 0.15) is 22.6 Å². The number of esters is 1. The summed E-state index contributed by atoms with van der Waals surface area (Å²) in [4.78, 5) is 15.1. The summed E-state index contributed by atoms with van der Waals surface area (Å²) in [6.07, 6.45) is -1.46. The second kappa shape index (κ2) is 4.85. The summed E-state index contributed by atoms with van der Waals surface area (Å²) < 4.78 is 29.6. The van der Waals surface area contributed by atoms with E-state index in [-0.39, 0.29) is 21.0 Å². The van der Waals surface area contributed by atoms with E-state index in [4.69, 9.17) is 7.85 Å². The van der Waals surface area contributed by atoms with Crippen molar-refractivity contribution in [1.29, 1.82) is 0 Å². The zero-order valence-electron chi connectivity index (χ0n) is 9.11. The van der Waals surface area contributed by atoms with Crippen LogP contribution in [0.25, 0.3) is 10.6 Å². The fraction of sp³-hybridized carbons (Fsp3) is 0.222. The molecular formula is C9H6BF2N3O2S. The molecule has 0 atom stereocenters. The minimum Gasteiger partial charge on any atom is -0.464 e. The lowest BCUT2D eigenvalue weighted by Gasteiger charge is -1.97. The van der Waals surface area contributed by atoms with Gasteiger partial charge in [0.15, 0.2) is 5.69 Å². The van der Waals surface area contributed by atoms with Crippen molar-refractivity contribution in [2.24, 2.45) is 0 Å². The first-order valence-electron chi connectivity index (χ1n) is 4.71. The lowest BCUT2D eigenvalue weighted by Crippen LogP contribution is -2.04. The number of nitrogens with zero attached hydrogens (tertiary/aromatic N) is 2. The van der Waals surface area contributed by atoms with Crippen molar-refractivity contribution < 1.29 is 18.3 Å². The predicted molar refractivity (Wildman–Crippen MR) is 61.4 cm³/mol. The molecule has 2 radical (unpaired) electrons. The average molecular weight is 269 g/mol. The molecule has 5 nitrogen and oxygen atoms in total. The predicted octanol–water partition coefficient (Wildman–Crippen LogP) is 1.05. The standard InChI is InChI=1S/C9H6BF2N3O2S/c1-17-9(16)4-3(2-13-15-4)8-14-5(7(11)12)6(10)18-8/h2,7H,1H3,(H,13,15). The highest BCUT2D eigenvalue weighted by molar-refractivity contribution is 7.22. The molecule has 18 heavy (non-hydrogen) atoms. The summed E-state index contributed by atoms with van der Waals surface area (Å²) in [5, 5.41) is 6.28. The smallest absolute Gasteiger partial charge is 0.356 e. The van der Waals surface area contributed by atoms with Gasteiger partial charge in [0.2, 0.25) is 0 Å². The first kappa shape index (κ1) is 12.7. The number of carbonyl (C=O) groups is 1. The number of carbonyl (C=O) groups excluding carboxylic acids is 1. The number of halogens is 2. The van der Waals surface area contributed by atoms with Crippen LogP contribution in [0.15, 0.2) is 6.20 Å². The van der Waals surface area contributed by atoms with E-state index in [1.807, 2.05) is 0 Å². The van der Waals surface area contributed by atoms with E-state index in [9.17, 15) is 13.6 Å². The first-order valence-corrected chi connectivity index (χ1v) is 5.52. The quantitative estimate of drug-likeness (QED) is 0.668. The highest BCUT2D eigenvalue weighted by atomic mass is 32.1. The minimum absolute atomic E-state index is 0.0482. The molecule has 2 heterocycles. The number of aromatic nitrogens is 3. The van der Waals surface area contributed by atoms with Crippen molar-refractivity contribution >= 4 is 29.9 Å². The highest BCUT2D eigenvalue weighted by Gasteiger charge is 2.22. The molecule has 1 N–H and O–H groups in total. The molecule has 0 spiro atoms. The van der Waals surface area contributed by atoms with Crippen molar-refractivity contribution in [3.8, 4) is 10.6 Å². The zero-order valence-corrected chi connectivity index (χ0v) is 9.92. The van der Waals surface area contributed by atoms with Gasteiger partial charge in [-0.25, -0.2) is 18.6 Å². The molecule has 0 amide bonds. The molecule has 92 valence electrons. The van der Waals surface area contributed by atoms with Gasteiger partial charge in [0.1, 0.15) is 18.5 Å². The Morgan fingerprint density at radius 1 is 1.61 bits per heavy atom. The molecule has 0 unspecified atom stereocenters. The van der Waals surface area contributed by atoms with Crippen LogP contribution in [-0.2, 0) is 4.74 Å². The molecule has 0 aliphatic heterocycles. The van der Waals surface area contributed by atoms with E-state index >= 15 is 0 Å². The maximum Gasteiger partial charge on any atom is 0.356 e. The van der Waals surface area contributed by atoms with Gasteiger partial charge in [-0.2, -0.15) is 5.10 Å². The van der Waals surface area contributed by atoms with Gasteiger partial charge in [0.25, 0.3) is 6.43 Å². The van der Waals surface area contributed by atoms with Gasteiger partial charge >= 0.3 is 5.97 Å². The SMILES string of the molecule is [B]c1sc(-c2cn[nH]c2C(=O)OC)nc1C(F)F. The number of alkyl halides is 2. The largest absolute Gasteiger partial charge is 0.464 e. The van der Waals surface area contributed by atoms with Crippen LogP contribution in [-0.4, -0.2) is 36.1 Å². The number of methoxy groups -OCH3 is 1. The van der Waals surface area contributed by atoms with Crippen molar-refractivity contribution in [3.63, 3.8) is 0 Å². The molecule has 0 bridgehead atoms. The van der Waals surface area contributed by atoms with E-state index in [1.54, 1.807) is 0 Å². The van der Waals surface area contributed by atoms with E-state index < -0.39 is 18.1 Å². The Kier molecular flexibility index (Phi) is 3.42. The molecule has 0 aromatic carbocycles. The molecule has 0 aliphatic rings. The lowest BCUT2D eigenvalue weighted by molar-refractivity contribution is 0.0595. The van der Waals surface area contributed by atoms with E-state index in [0.29, 0.717) is 0 Å². The van der Waals surface area contributed by atoms with Gasteiger partial charge in [-0.05, 0) is 4.78 Å². The van der Waals surface area contributed by atoms with Gasteiger partial charge in [-0.15, -0.1) is 11.3 Å². The Morgan fingerprint density at radius 3 is 2.89 bits per heavy atom. The number of nitrogens with one attached hydrogen (secondary N) is 1. The molecule has 0 saturated carbocycles. The molecule has 0 fully saturated rings. The fourth-order valence-electron chi connectivity index (χ4n) is 1.32. The molecule has 2 aromatic rings. The molecule has 0 saturated heterocycles. The van der Waals surface area contributed by atoms with Gasteiger partial charge in [-0.1, -0.05) is 0 Å². The Morgan fingerprint density at radius 2 is 2.33 bits per heavy atom. The summed E-state index contributed by atoms with van der Waals surface area (Å²) in [5.41, 5.74) is -0.162. The van der Waals surface area contributed by atoms with Crippen LogP contribution >= 0.6 is 11.3 Å². The summed E-state index contributed by atoms with van der Waals surface area (Å²) >= 11 is 0.861. The zero-order chi connectivity index (χ0) is 13.3. The third-order valence-corrected chi connectivity index (χ3v) is 3.08. The van der Waals surface area contributed by atoms with E-state index in [2.05, 4.69) is 19.9 Å².